The zero-order valence-electron chi connectivity index (χ0n) is 20.2. The standard InChI is InChI=1S/C27H31N5O3/c1-20(2)32-25-24(16-29-32)26(33)31(19-28-25)18-27(34)12-14-30(15-13-27)17-21-8-10-23(11-9-21)35-22-6-4-3-5-7-22/h3-11,16,19-20,34H,12-15,17-18H2,1-2H3. The Bertz CT molecular complexity index is 1340. The SMILES string of the molecule is CC(C)n1ncc2c(=O)n(CC3(O)CCN(Cc4ccc(Oc5ccccc5)cc4)CC3)cnc21. The summed E-state index contributed by atoms with van der Waals surface area (Å²) in [6, 6.07) is 18.0. The largest absolute Gasteiger partial charge is 0.457 e. The number of nitrogens with zero attached hydrogens (tertiary/aromatic N) is 5. The average Bonchev–Trinajstić information content (AvgIpc) is 3.30. The van der Waals surface area contributed by atoms with Crippen molar-refractivity contribution in [2.24, 2.45) is 0 Å². The van der Waals surface area contributed by atoms with Crippen LogP contribution in [0.1, 0.15) is 38.3 Å². The van der Waals surface area contributed by atoms with Gasteiger partial charge >= 0.3 is 0 Å². The fraction of sp³-hybridized carbons (Fsp3) is 0.370. The number of hydrogen-bond donors (Lipinski definition) is 1. The quantitative estimate of drug-likeness (QED) is 0.437. The maximum Gasteiger partial charge on any atom is 0.264 e. The van der Waals surface area contributed by atoms with E-state index >= 15 is 0 Å². The van der Waals surface area contributed by atoms with Gasteiger partial charge < -0.3 is 9.84 Å². The Morgan fingerprint density at radius 1 is 1.03 bits per heavy atom. The molecule has 1 saturated heterocycles. The van der Waals surface area contributed by atoms with E-state index in [2.05, 4.69) is 27.1 Å². The molecule has 2 aromatic carbocycles. The first-order valence-electron chi connectivity index (χ1n) is 12.1. The van der Waals surface area contributed by atoms with Crippen molar-refractivity contribution >= 4 is 11.0 Å². The molecule has 1 aliphatic rings. The van der Waals surface area contributed by atoms with Gasteiger partial charge in [-0.3, -0.25) is 14.3 Å². The molecule has 0 bridgehead atoms. The second-order valence-electron chi connectivity index (χ2n) is 9.66. The first kappa shape index (κ1) is 23.3. The summed E-state index contributed by atoms with van der Waals surface area (Å²) in [6.45, 7) is 6.57. The van der Waals surface area contributed by atoms with Crippen LogP contribution in [0.3, 0.4) is 0 Å². The number of aromatic nitrogens is 4. The lowest BCUT2D eigenvalue weighted by molar-refractivity contribution is -0.0364. The highest BCUT2D eigenvalue weighted by molar-refractivity contribution is 5.73. The van der Waals surface area contributed by atoms with Crippen molar-refractivity contribution in [1.82, 2.24) is 24.2 Å². The monoisotopic (exact) mass is 473 g/mol. The minimum absolute atomic E-state index is 0.122. The lowest BCUT2D eigenvalue weighted by atomic mass is 9.91. The number of para-hydroxylation sites is 1. The van der Waals surface area contributed by atoms with Crippen LogP contribution in [0.5, 0.6) is 11.5 Å². The summed E-state index contributed by atoms with van der Waals surface area (Å²) in [5, 5.41) is 16.0. The third-order valence-corrected chi connectivity index (χ3v) is 6.63. The normalized spacial score (nSPS) is 16.1. The minimum atomic E-state index is -0.933. The number of aliphatic hydroxyl groups is 1. The van der Waals surface area contributed by atoms with Crippen LogP contribution in [0.15, 0.2) is 71.9 Å². The predicted octanol–water partition coefficient (Wildman–Crippen LogP) is 3.99. The first-order valence-corrected chi connectivity index (χ1v) is 12.1. The Labute approximate surface area is 204 Å². The highest BCUT2D eigenvalue weighted by Crippen LogP contribution is 2.26. The number of fused-ring (bicyclic) bond motifs is 1. The van der Waals surface area contributed by atoms with Crippen molar-refractivity contribution in [3.8, 4) is 11.5 Å². The van der Waals surface area contributed by atoms with E-state index < -0.39 is 5.60 Å². The maximum atomic E-state index is 13.0. The molecule has 1 fully saturated rings. The number of ether oxygens (including phenoxy) is 1. The van der Waals surface area contributed by atoms with Crippen LogP contribution in [0.2, 0.25) is 0 Å². The van der Waals surface area contributed by atoms with Crippen LogP contribution in [0.4, 0.5) is 0 Å². The topological polar surface area (TPSA) is 85.4 Å². The van der Waals surface area contributed by atoms with Gasteiger partial charge in [0.1, 0.15) is 23.2 Å². The molecule has 0 atom stereocenters. The molecule has 0 aliphatic carbocycles. The lowest BCUT2D eigenvalue weighted by Crippen LogP contribution is -2.47. The summed E-state index contributed by atoms with van der Waals surface area (Å²) >= 11 is 0. The molecule has 8 heteroatoms. The van der Waals surface area contributed by atoms with E-state index in [9.17, 15) is 9.90 Å². The Balaban J connectivity index is 1.18. The van der Waals surface area contributed by atoms with Gasteiger partial charge in [0.2, 0.25) is 0 Å². The molecule has 2 aromatic heterocycles. The molecular weight excluding hydrogens is 442 g/mol. The number of hydrogen-bond acceptors (Lipinski definition) is 6. The number of likely N-dealkylation sites (tertiary alicyclic amines) is 1. The highest BCUT2D eigenvalue weighted by atomic mass is 16.5. The smallest absolute Gasteiger partial charge is 0.264 e. The summed E-state index contributed by atoms with van der Waals surface area (Å²) in [5.74, 6) is 1.63. The van der Waals surface area contributed by atoms with Gasteiger partial charge in [-0.05, 0) is 56.5 Å². The van der Waals surface area contributed by atoms with Gasteiger partial charge in [-0.15, -0.1) is 0 Å². The predicted molar refractivity (Wildman–Crippen MR) is 135 cm³/mol. The number of benzene rings is 2. The van der Waals surface area contributed by atoms with Crippen molar-refractivity contribution in [2.45, 2.75) is 51.4 Å². The first-order chi connectivity index (χ1) is 16.9. The third kappa shape index (κ3) is 5.13. The van der Waals surface area contributed by atoms with Crippen molar-refractivity contribution in [2.75, 3.05) is 13.1 Å². The molecule has 0 unspecified atom stereocenters. The molecule has 8 nitrogen and oxygen atoms in total. The molecule has 0 saturated carbocycles. The molecule has 3 heterocycles. The van der Waals surface area contributed by atoms with Gasteiger partial charge in [-0.2, -0.15) is 5.10 Å². The number of piperidine rings is 1. The second-order valence-corrected chi connectivity index (χ2v) is 9.66. The molecule has 182 valence electrons. The van der Waals surface area contributed by atoms with E-state index in [0.29, 0.717) is 23.9 Å². The summed E-state index contributed by atoms with van der Waals surface area (Å²) < 4.78 is 9.14. The molecule has 4 aromatic rings. The molecule has 1 N–H and O–H groups in total. The number of rotatable bonds is 7. The lowest BCUT2D eigenvalue weighted by Gasteiger charge is -2.38. The van der Waals surface area contributed by atoms with Gasteiger partial charge in [0, 0.05) is 25.7 Å². The van der Waals surface area contributed by atoms with E-state index in [0.717, 1.165) is 31.1 Å². The van der Waals surface area contributed by atoms with Gasteiger partial charge in [0.25, 0.3) is 5.56 Å². The van der Waals surface area contributed by atoms with Crippen LogP contribution in [0, 0.1) is 0 Å². The fourth-order valence-corrected chi connectivity index (χ4v) is 4.61. The van der Waals surface area contributed by atoms with Crippen LogP contribution in [-0.4, -0.2) is 48.0 Å². The van der Waals surface area contributed by atoms with Gasteiger partial charge in [-0.25, -0.2) is 9.67 Å². The molecule has 0 spiro atoms. The van der Waals surface area contributed by atoms with Crippen LogP contribution in [-0.2, 0) is 13.1 Å². The van der Waals surface area contributed by atoms with Crippen LogP contribution < -0.4 is 10.3 Å². The third-order valence-electron chi connectivity index (χ3n) is 6.63. The van der Waals surface area contributed by atoms with E-state index in [-0.39, 0.29) is 18.1 Å². The van der Waals surface area contributed by atoms with E-state index in [4.69, 9.17) is 4.74 Å². The fourth-order valence-electron chi connectivity index (χ4n) is 4.61. The van der Waals surface area contributed by atoms with Crippen molar-refractivity contribution in [3.63, 3.8) is 0 Å². The van der Waals surface area contributed by atoms with E-state index in [1.165, 1.54) is 16.5 Å². The van der Waals surface area contributed by atoms with Gasteiger partial charge in [-0.1, -0.05) is 30.3 Å². The maximum absolute atomic E-state index is 13.0. The molecule has 0 radical (unpaired) electrons. The van der Waals surface area contributed by atoms with Crippen LogP contribution in [0.25, 0.3) is 11.0 Å². The summed E-state index contributed by atoms with van der Waals surface area (Å²) in [6.07, 6.45) is 4.30. The van der Waals surface area contributed by atoms with Crippen molar-refractivity contribution in [3.05, 3.63) is 83.0 Å². The Kier molecular flexibility index (Phi) is 6.40. The van der Waals surface area contributed by atoms with Crippen molar-refractivity contribution < 1.29 is 9.84 Å². The Morgan fingerprint density at radius 2 is 1.71 bits per heavy atom. The van der Waals surface area contributed by atoms with E-state index in [1.54, 1.807) is 10.9 Å². The molecule has 1 aliphatic heterocycles. The minimum Gasteiger partial charge on any atom is -0.457 e. The highest BCUT2D eigenvalue weighted by Gasteiger charge is 2.33. The Morgan fingerprint density at radius 3 is 2.40 bits per heavy atom. The summed E-state index contributed by atoms with van der Waals surface area (Å²) in [5.41, 5.74) is 0.694. The van der Waals surface area contributed by atoms with Crippen molar-refractivity contribution in [1.29, 1.82) is 0 Å². The Hall–Kier alpha value is -3.49. The van der Waals surface area contributed by atoms with Gasteiger partial charge in [0.05, 0.1) is 18.3 Å². The summed E-state index contributed by atoms with van der Waals surface area (Å²) in [7, 11) is 0. The second kappa shape index (κ2) is 9.64. The summed E-state index contributed by atoms with van der Waals surface area (Å²) in [4.78, 5) is 19.8. The molecule has 0 amide bonds. The average molecular weight is 474 g/mol. The van der Waals surface area contributed by atoms with E-state index in [1.807, 2.05) is 56.3 Å². The van der Waals surface area contributed by atoms with Crippen LogP contribution >= 0.6 is 0 Å². The zero-order chi connectivity index (χ0) is 24.4. The molecule has 35 heavy (non-hydrogen) atoms. The zero-order valence-corrected chi connectivity index (χ0v) is 20.2. The molecule has 5 rings (SSSR count). The molecular formula is C27H31N5O3. The van der Waals surface area contributed by atoms with Gasteiger partial charge in [0.15, 0.2) is 5.65 Å².